The molecule has 0 aromatic heterocycles. The minimum absolute atomic E-state index is 0.127. The fraction of sp³-hybridized carbons (Fsp3) is 0.300. The van der Waals surface area contributed by atoms with Crippen LogP contribution < -0.4 is 10.1 Å². The molecule has 1 atom stereocenters. The van der Waals surface area contributed by atoms with Gasteiger partial charge in [0.05, 0.1) is 6.61 Å². The number of ether oxygens (including phenoxy) is 2. The molecule has 0 spiro atoms. The van der Waals surface area contributed by atoms with E-state index in [2.05, 4.69) is 5.32 Å². The third-order valence-corrected chi connectivity index (χ3v) is 3.64. The Labute approximate surface area is 152 Å². The lowest BCUT2D eigenvalue weighted by Gasteiger charge is -2.14. The van der Waals surface area contributed by atoms with Crippen molar-refractivity contribution in [1.82, 2.24) is 0 Å². The fourth-order valence-electron chi connectivity index (χ4n) is 2.36. The molecule has 0 heterocycles. The quantitative estimate of drug-likeness (QED) is 0.730. The lowest BCUT2D eigenvalue weighted by molar-refractivity contribution is -0.153. The van der Waals surface area contributed by atoms with Gasteiger partial charge in [0.25, 0.3) is 5.91 Å². The number of hydrogen-bond donors (Lipinski definition) is 1. The molecule has 138 valence electrons. The van der Waals surface area contributed by atoms with Crippen molar-refractivity contribution in [3.63, 3.8) is 0 Å². The summed E-state index contributed by atoms with van der Waals surface area (Å²) in [5.74, 6) is -0.725. The zero-order chi connectivity index (χ0) is 18.9. The molecule has 0 radical (unpaired) electrons. The minimum atomic E-state index is -0.979. The number of amides is 1. The van der Waals surface area contributed by atoms with Crippen molar-refractivity contribution in [3.05, 3.63) is 59.9 Å². The van der Waals surface area contributed by atoms with Crippen LogP contribution in [0.25, 0.3) is 0 Å². The Morgan fingerprint density at radius 2 is 1.92 bits per heavy atom. The van der Waals surface area contributed by atoms with E-state index in [1.54, 1.807) is 6.07 Å². The molecule has 0 aliphatic rings. The van der Waals surface area contributed by atoms with Gasteiger partial charge in [-0.05, 0) is 50.1 Å². The number of para-hydroxylation sites is 1. The van der Waals surface area contributed by atoms with Crippen LogP contribution in [-0.2, 0) is 20.7 Å². The zero-order valence-electron chi connectivity index (χ0n) is 14.8. The number of hydrogen-bond acceptors (Lipinski definition) is 4. The number of carbonyl (C=O) groups excluding carboxylic acids is 2. The predicted octanol–water partition coefficient (Wildman–Crippen LogP) is 3.73. The maximum atomic E-state index is 13.1. The lowest BCUT2D eigenvalue weighted by Crippen LogP contribution is -2.30. The van der Waals surface area contributed by atoms with Crippen LogP contribution in [0.4, 0.5) is 10.1 Å². The van der Waals surface area contributed by atoms with Crippen LogP contribution in [0.15, 0.2) is 48.5 Å². The van der Waals surface area contributed by atoms with Crippen LogP contribution in [0, 0.1) is 5.82 Å². The summed E-state index contributed by atoms with van der Waals surface area (Å²) in [6.45, 7) is 3.91. The molecule has 0 aliphatic carbocycles. The highest BCUT2D eigenvalue weighted by atomic mass is 19.1. The molecule has 5 nitrogen and oxygen atoms in total. The van der Waals surface area contributed by atoms with Gasteiger partial charge in [-0.25, -0.2) is 4.39 Å². The molecule has 1 amide bonds. The summed E-state index contributed by atoms with van der Waals surface area (Å²) in [5.41, 5.74) is 1.21. The zero-order valence-corrected chi connectivity index (χ0v) is 14.8. The Morgan fingerprint density at radius 1 is 1.15 bits per heavy atom. The van der Waals surface area contributed by atoms with Crippen molar-refractivity contribution in [1.29, 1.82) is 0 Å². The molecule has 2 aromatic rings. The number of nitrogens with one attached hydrogen (secondary N) is 1. The van der Waals surface area contributed by atoms with Gasteiger partial charge in [-0.1, -0.05) is 24.3 Å². The highest BCUT2D eigenvalue weighted by Gasteiger charge is 2.18. The average Bonchev–Trinajstić information content (AvgIpc) is 2.61. The highest BCUT2D eigenvalue weighted by molar-refractivity contribution is 5.95. The van der Waals surface area contributed by atoms with Crippen molar-refractivity contribution in [2.45, 2.75) is 32.8 Å². The third-order valence-electron chi connectivity index (χ3n) is 3.64. The summed E-state index contributed by atoms with van der Waals surface area (Å²) < 4.78 is 23.8. The molecule has 0 bridgehead atoms. The van der Waals surface area contributed by atoms with E-state index >= 15 is 0 Å². The molecule has 0 saturated carbocycles. The number of halogens is 1. The van der Waals surface area contributed by atoms with E-state index in [1.165, 1.54) is 25.1 Å². The van der Waals surface area contributed by atoms with E-state index in [0.717, 1.165) is 11.3 Å². The Balaban J connectivity index is 1.84. The third kappa shape index (κ3) is 5.88. The fourth-order valence-corrected chi connectivity index (χ4v) is 2.36. The Hall–Kier alpha value is -2.89. The molecule has 2 rings (SSSR count). The highest BCUT2D eigenvalue weighted by Crippen LogP contribution is 2.20. The maximum absolute atomic E-state index is 13.1. The van der Waals surface area contributed by atoms with Crippen LogP contribution in [0.5, 0.6) is 5.75 Å². The van der Waals surface area contributed by atoms with Crippen LogP contribution in [-0.4, -0.2) is 24.6 Å². The number of esters is 1. The normalized spacial score (nSPS) is 11.5. The summed E-state index contributed by atoms with van der Waals surface area (Å²) >= 11 is 0. The summed E-state index contributed by atoms with van der Waals surface area (Å²) in [4.78, 5) is 24.0. The van der Waals surface area contributed by atoms with Gasteiger partial charge in [0, 0.05) is 12.1 Å². The van der Waals surface area contributed by atoms with Crippen LogP contribution in [0.1, 0.15) is 25.8 Å². The van der Waals surface area contributed by atoms with Gasteiger partial charge in [-0.2, -0.15) is 0 Å². The van der Waals surface area contributed by atoms with Crippen LogP contribution >= 0.6 is 0 Å². The molecule has 0 unspecified atom stereocenters. The van der Waals surface area contributed by atoms with Crippen molar-refractivity contribution in [3.8, 4) is 5.75 Å². The SMILES string of the molecule is CCOc1ccccc1CCC(=O)O[C@H](C)C(=O)Nc1cccc(F)c1. The molecule has 2 aromatic carbocycles. The topological polar surface area (TPSA) is 64.6 Å². The first kappa shape index (κ1) is 19.4. The maximum Gasteiger partial charge on any atom is 0.306 e. The van der Waals surface area contributed by atoms with Gasteiger partial charge in [0.2, 0.25) is 0 Å². The molecular weight excluding hydrogens is 337 g/mol. The Kier molecular flexibility index (Phi) is 7.14. The van der Waals surface area contributed by atoms with Gasteiger partial charge < -0.3 is 14.8 Å². The second-order valence-corrected chi connectivity index (χ2v) is 5.67. The number of anilines is 1. The first-order valence-electron chi connectivity index (χ1n) is 8.46. The van der Waals surface area contributed by atoms with E-state index in [-0.39, 0.29) is 6.42 Å². The first-order valence-corrected chi connectivity index (χ1v) is 8.46. The molecule has 0 saturated heterocycles. The van der Waals surface area contributed by atoms with Crippen LogP contribution in [0.3, 0.4) is 0 Å². The largest absolute Gasteiger partial charge is 0.494 e. The van der Waals surface area contributed by atoms with Gasteiger partial charge >= 0.3 is 5.97 Å². The average molecular weight is 359 g/mol. The molecule has 1 N–H and O–H groups in total. The summed E-state index contributed by atoms with van der Waals surface area (Å²) in [7, 11) is 0. The number of rotatable bonds is 8. The van der Waals surface area contributed by atoms with Crippen molar-refractivity contribution in [2.24, 2.45) is 0 Å². The summed E-state index contributed by atoms with van der Waals surface area (Å²) in [5, 5.41) is 2.51. The monoisotopic (exact) mass is 359 g/mol. The summed E-state index contributed by atoms with van der Waals surface area (Å²) in [6, 6.07) is 13.0. The van der Waals surface area contributed by atoms with Crippen LogP contribution in [0.2, 0.25) is 0 Å². The van der Waals surface area contributed by atoms with E-state index in [4.69, 9.17) is 9.47 Å². The molecule has 6 heteroatoms. The molecule has 0 aliphatic heterocycles. The number of carbonyl (C=O) groups is 2. The van der Waals surface area contributed by atoms with Crippen molar-refractivity contribution >= 4 is 17.6 Å². The lowest BCUT2D eigenvalue weighted by atomic mass is 10.1. The van der Waals surface area contributed by atoms with Crippen molar-refractivity contribution in [2.75, 3.05) is 11.9 Å². The van der Waals surface area contributed by atoms with E-state index in [1.807, 2.05) is 31.2 Å². The Bertz CT molecular complexity index is 763. The van der Waals surface area contributed by atoms with Gasteiger partial charge in [0.15, 0.2) is 6.10 Å². The summed E-state index contributed by atoms with van der Waals surface area (Å²) in [6.07, 6.45) is -0.401. The Morgan fingerprint density at radius 3 is 2.65 bits per heavy atom. The van der Waals surface area contributed by atoms with E-state index in [0.29, 0.717) is 18.7 Å². The standard InChI is InChI=1S/C20H22FNO4/c1-3-25-18-10-5-4-7-15(18)11-12-19(23)26-14(2)20(24)22-17-9-6-8-16(21)13-17/h4-10,13-14H,3,11-12H2,1-2H3,(H,22,24)/t14-/m1/s1. The number of benzene rings is 2. The molecule has 0 fully saturated rings. The molecular formula is C20H22FNO4. The van der Waals surface area contributed by atoms with E-state index < -0.39 is 23.8 Å². The second kappa shape index (κ2) is 9.56. The minimum Gasteiger partial charge on any atom is -0.494 e. The van der Waals surface area contributed by atoms with Gasteiger partial charge in [0.1, 0.15) is 11.6 Å². The first-order chi connectivity index (χ1) is 12.5. The second-order valence-electron chi connectivity index (χ2n) is 5.67. The van der Waals surface area contributed by atoms with Gasteiger partial charge in [-0.15, -0.1) is 0 Å². The van der Waals surface area contributed by atoms with Crippen molar-refractivity contribution < 1.29 is 23.5 Å². The van der Waals surface area contributed by atoms with E-state index in [9.17, 15) is 14.0 Å². The predicted molar refractivity (Wildman–Crippen MR) is 96.5 cm³/mol. The van der Waals surface area contributed by atoms with Gasteiger partial charge in [-0.3, -0.25) is 9.59 Å². The number of aryl methyl sites for hydroxylation is 1. The molecule has 26 heavy (non-hydrogen) atoms. The smallest absolute Gasteiger partial charge is 0.306 e.